The van der Waals surface area contributed by atoms with Crippen molar-refractivity contribution in [3.05, 3.63) is 59.9 Å². The molecule has 3 rings (SSSR count). The quantitative estimate of drug-likeness (QED) is 0.572. The Balaban J connectivity index is 1.39. The number of fused-ring (bicyclic) bond motifs is 1. The summed E-state index contributed by atoms with van der Waals surface area (Å²) in [7, 11) is 0. The van der Waals surface area contributed by atoms with Gasteiger partial charge >= 0.3 is 6.09 Å². The molecule has 2 heterocycles. The van der Waals surface area contributed by atoms with Gasteiger partial charge in [0.25, 0.3) is 0 Å². The maximum Gasteiger partial charge on any atom is 0.407 e. The first-order valence-corrected chi connectivity index (χ1v) is 7.54. The lowest BCUT2D eigenvalue weighted by Gasteiger charge is -2.05. The molecule has 0 aliphatic carbocycles. The fourth-order valence-electron chi connectivity index (χ4n) is 2.06. The van der Waals surface area contributed by atoms with Crippen molar-refractivity contribution in [1.29, 1.82) is 0 Å². The largest absolute Gasteiger partial charge is 0.445 e. The van der Waals surface area contributed by atoms with Gasteiger partial charge in [0.05, 0.1) is 11.7 Å². The first kappa shape index (κ1) is 15.6. The zero-order chi connectivity index (χ0) is 16.6. The van der Waals surface area contributed by atoms with Crippen LogP contribution in [0.25, 0.3) is 11.0 Å². The molecule has 1 aromatic carbocycles. The molecule has 0 saturated heterocycles. The monoisotopic (exact) mass is 320 g/mol. The van der Waals surface area contributed by atoms with E-state index in [9.17, 15) is 4.79 Å². The Morgan fingerprint density at radius 3 is 3.00 bits per heavy atom. The average Bonchev–Trinajstić information content (AvgIpc) is 3.08. The topological polar surface area (TPSA) is 79.9 Å². The Bertz CT molecular complexity index is 878. The smallest absolute Gasteiger partial charge is 0.407 e. The van der Waals surface area contributed by atoms with E-state index in [1.807, 2.05) is 36.4 Å². The van der Waals surface area contributed by atoms with Crippen molar-refractivity contribution in [2.75, 3.05) is 6.54 Å². The van der Waals surface area contributed by atoms with Gasteiger partial charge in [-0.05, 0) is 11.6 Å². The van der Waals surface area contributed by atoms with E-state index in [1.165, 1.54) is 0 Å². The maximum absolute atomic E-state index is 11.6. The normalized spacial score (nSPS) is 10.0. The second-order valence-electron chi connectivity index (χ2n) is 5.07. The highest BCUT2D eigenvalue weighted by molar-refractivity contribution is 5.74. The molecule has 120 valence electrons. The number of aromatic amines is 1. The SMILES string of the molecule is O=C(NCCC#Cc1cnc2cn[nH]c2c1)OCc1ccccc1. The van der Waals surface area contributed by atoms with Crippen LogP contribution < -0.4 is 5.32 Å². The Morgan fingerprint density at radius 2 is 2.12 bits per heavy atom. The van der Waals surface area contributed by atoms with E-state index in [4.69, 9.17) is 4.74 Å². The van der Waals surface area contributed by atoms with Crippen molar-refractivity contribution >= 4 is 17.1 Å². The van der Waals surface area contributed by atoms with E-state index in [0.29, 0.717) is 13.0 Å². The van der Waals surface area contributed by atoms with Crippen molar-refractivity contribution in [1.82, 2.24) is 20.5 Å². The number of aromatic nitrogens is 3. The lowest BCUT2D eigenvalue weighted by Crippen LogP contribution is -2.24. The van der Waals surface area contributed by atoms with Gasteiger partial charge in [0.15, 0.2) is 0 Å². The molecule has 6 heteroatoms. The first-order valence-electron chi connectivity index (χ1n) is 7.54. The Labute approximate surface area is 139 Å². The summed E-state index contributed by atoms with van der Waals surface area (Å²) in [5.41, 5.74) is 3.42. The molecule has 0 aliphatic rings. The van der Waals surface area contributed by atoms with Gasteiger partial charge in [-0.25, -0.2) is 4.79 Å². The third-order valence-corrected chi connectivity index (χ3v) is 3.26. The lowest BCUT2D eigenvalue weighted by atomic mass is 10.2. The lowest BCUT2D eigenvalue weighted by molar-refractivity contribution is 0.140. The summed E-state index contributed by atoms with van der Waals surface area (Å²) >= 11 is 0. The predicted molar refractivity (Wildman–Crippen MR) is 90.0 cm³/mol. The standard InChI is InChI=1S/C18H16N4O2/c23-18(24-13-14-6-2-1-3-7-14)19-9-5-4-8-15-10-16-17(20-11-15)12-21-22-16/h1-3,6-7,10-12H,5,9,13H2,(H,19,23)(H,21,22). The number of nitrogens with one attached hydrogen (secondary N) is 2. The summed E-state index contributed by atoms with van der Waals surface area (Å²) in [6.45, 7) is 0.689. The van der Waals surface area contributed by atoms with E-state index in [1.54, 1.807) is 12.4 Å². The van der Waals surface area contributed by atoms with Crippen LogP contribution in [0.15, 0.2) is 48.8 Å². The molecule has 24 heavy (non-hydrogen) atoms. The maximum atomic E-state index is 11.6. The molecule has 0 aliphatic heterocycles. The molecule has 1 amide bonds. The molecule has 0 bridgehead atoms. The highest BCUT2D eigenvalue weighted by Gasteiger charge is 2.01. The molecule has 0 atom stereocenters. The molecular weight excluding hydrogens is 304 g/mol. The Morgan fingerprint density at radius 1 is 1.25 bits per heavy atom. The van der Waals surface area contributed by atoms with E-state index >= 15 is 0 Å². The van der Waals surface area contributed by atoms with Crippen LogP contribution in [-0.4, -0.2) is 27.8 Å². The van der Waals surface area contributed by atoms with Gasteiger partial charge in [-0.15, -0.1) is 0 Å². The third-order valence-electron chi connectivity index (χ3n) is 3.26. The number of rotatable bonds is 4. The minimum atomic E-state index is -0.443. The number of hydrogen-bond donors (Lipinski definition) is 2. The molecule has 0 radical (unpaired) electrons. The number of amides is 1. The van der Waals surface area contributed by atoms with Gasteiger partial charge in [0, 0.05) is 24.7 Å². The Hall–Kier alpha value is -3.33. The highest BCUT2D eigenvalue weighted by atomic mass is 16.5. The van der Waals surface area contributed by atoms with Gasteiger partial charge in [-0.2, -0.15) is 5.10 Å². The van der Waals surface area contributed by atoms with Gasteiger partial charge < -0.3 is 10.1 Å². The molecule has 0 fully saturated rings. The van der Waals surface area contributed by atoms with Crippen LogP contribution in [0.1, 0.15) is 17.5 Å². The van der Waals surface area contributed by atoms with Crippen molar-refractivity contribution in [3.8, 4) is 11.8 Å². The molecule has 0 unspecified atom stereocenters. The summed E-state index contributed by atoms with van der Waals surface area (Å²) in [6, 6.07) is 11.4. The average molecular weight is 320 g/mol. The molecule has 6 nitrogen and oxygen atoms in total. The number of nitrogens with zero attached hydrogens (tertiary/aromatic N) is 2. The summed E-state index contributed by atoms with van der Waals surface area (Å²) in [5.74, 6) is 6.00. The number of alkyl carbamates (subject to hydrolysis) is 1. The number of H-pyrrole nitrogens is 1. The third kappa shape index (κ3) is 4.34. The summed E-state index contributed by atoms with van der Waals surface area (Å²) < 4.78 is 5.11. The number of benzene rings is 1. The zero-order valence-corrected chi connectivity index (χ0v) is 13.0. The summed E-state index contributed by atoms with van der Waals surface area (Å²) in [6.07, 6.45) is 3.45. The predicted octanol–water partition coefficient (Wildman–Crippen LogP) is 2.63. The van der Waals surface area contributed by atoms with E-state index in [2.05, 4.69) is 32.3 Å². The zero-order valence-electron chi connectivity index (χ0n) is 13.0. The van der Waals surface area contributed by atoms with Crippen molar-refractivity contribution in [2.45, 2.75) is 13.0 Å². The number of pyridine rings is 1. The van der Waals surface area contributed by atoms with Crippen molar-refractivity contribution in [2.24, 2.45) is 0 Å². The fourth-order valence-corrected chi connectivity index (χ4v) is 2.06. The molecule has 0 spiro atoms. The Kier molecular flexibility index (Phi) is 5.05. The minimum Gasteiger partial charge on any atom is -0.445 e. The van der Waals surface area contributed by atoms with Crippen LogP contribution in [0.2, 0.25) is 0 Å². The van der Waals surface area contributed by atoms with Gasteiger partial charge in [0.1, 0.15) is 12.1 Å². The molecule has 0 saturated carbocycles. The second-order valence-corrected chi connectivity index (χ2v) is 5.07. The first-order chi connectivity index (χ1) is 11.8. The molecule has 2 aromatic heterocycles. The fraction of sp³-hybridized carbons (Fsp3) is 0.167. The van der Waals surface area contributed by atoms with Crippen LogP contribution in [0.4, 0.5) is 4.79 Å². The minimum absolute atomic E-state index is 0.258. The van der Waals surface area contributed by atoms with Crippen molar-refractivity contribution in [3.63, 3.8) is 0 Å². The van der Waals surface area contributed by atoms with E-state index in [0.717, 1.165) is 22.2 Å². The number of ether oxygens (including phenoxy) is 1. The molecular formula is C18H16N4O2. The molecule has 3 aromatic rings. The van der Waals surface area contributed by atoms with Gasteiger partial charge in [-0.3, -0.25) is 10.1 Å². The van der Waals surface area contributed by atoms with Crippen LogP contribution in [0, 0.1) is 11.8 Å². The number of hydrogen-bond acceptors (Lipinski definition) is 4. The number of carbonyl (C=O) groups excluding carboxylic acids is 1. The van der Waals surface area contributed by atoms with Crippen LogP contribution in [0.5, 0.6) is 0 Å². The van der Waals surface area contributed by atoms with E-state index in [-0.39, 0.29) is 6.61 Å². The van der Waals surface area contributed by atoms with Gasteiger partial charge in [0.2, 0.25) is 0 Å². The van der Waals surface area contributed by atoms with Crippen LogP contribution in [-0.2, 0) is 11.3 Å². The van der Waals surface area contributed by atoms with Crippen molar-refractivity contribution < 1.29 is 9.53 Å². The van der Waals surface area contributed by atoms with Gasteiger partial charge in [-0.1, -0.05) is 42.2 Å². The van der Waals surface area contributed by atoms with Crippen LogP contribution in [0.3, 0.4) is 0 Å². The summed E-state index contributed by atoms with van der Waals surface area (Å²) in [4.78, 5) is 15.8. The highest BCUT2D eigenvalue weighted by Crippen LogP contribution is 2.08. The molecule has 2 N–H and O–H groups in total. The number of carbonyl (C=O) groups is 1. The van der Waals surface area contributed by atoms with Crippen LogP contribution >= 0.6 is 0 Å². The van der Waals surface area contributed by atoms with E-state index < -0.39 is 6.09 Å². The second kappa shape index (κ2) is 7.79. The summed E-state index contributed by atoms with van der Waals surface area (Å²) in [5, 5.41) is 9.43.